The highest BCUT2D eigenvalue weighted by molar-refractivity contribution is 5.99. The summed E-state index contributed by atoms with van der Waals surface area (Å²) in [5.74, 6) is -1.76. The summed E-state index contributed by atoms with van der Waals surface area (Å²) in [5, 5.41) is 0. The molecule has 9 nitrogen and oxygen atoms in total. The van der Waals surface area contributed by atoms with Crippen LogP contribution in [0, 0.1) is 11.8 Å². The second-order valence-electron chi connectivity index (χ2n) is 16.9. The zero-order valence-electron chi connectivity index (χ0n) is 35.7. The Morgan fingerprint density at radius 1 is 0.590 bits per heavy atom. The summed E-state index contributed by atoms with van der Waals surface area (Å²) in [4.78, 5) is 63.9. The highest BCUT2D eigenvalue weighted by Crippen LogP contribution is 2.31. The molecule has 0 unspecified atom stereocenters. The minimum absolute atomic E-state index is 0.143. The van der Waals surface area contributed by atoms with Gasteiger partial charge in [0.15, 0.2) is 6.20 Å². The molecule has 1 aromatic heterocycles. The summed E-state index contributed by atoms with van der Waals surface area (Å²) in [6.07, 6.45) is -2.48. The number of hydrogen-bond donors (Lipinski definition) is 0. The minimum atomic E-state index is -4.46. The number of carbonyl (C=O) groups excluding carboxylic acids is 4. The van der Waals surface area contributed by atoms with Crippen LogP contribution in [-0.4, -0.2) is 94.6 Å². The summed E-state index contributed by atoms with van der Waals surface area (Å²) >= 11 is 0. The molecular weight excluding hydrogens is 801 g/mol. The smallest absolute Gasteiger partial charge is 0.341 e. The molecule has 332 valence electrons. The average molecular weight is 859 g/mol. The molecule has 2 aromatic carbocycles. The second kappa shape index (κ2) is 20.3. The van der Waals surface area contributed by atoms with E-state index in [1.165, 1.54) is 47.2 Å². The molecule has 15 heteroatoms. The van der Waals surface area contributed by atoms with E-state index in [1.54, 1.807) is 26.6 Å². The first-order valence-electron chi connectivity index (χ1n) is 21.3. The standard InChI is InChI=1S/C46H58F6N5O4/c1-31(2)39(43(60)54-24-6-7-25-54)56(28-10-12-33-14-19-36(20-15-33)45(47,48)49)41(58)35-18-23-38(53(5)30-35)42(59)57(40(32(3)4)44(61)55-26-8-9-27-55)29-11-13-34-16-21-37(22-17-34)46(50,51)52/h14-23,30-32,39-40H,6-13,24-29H2,1-5H3/q+1/t39-,40-/m0/s1. The van der Waals surface area contributed by atoms with Crippen LogP contribution in [0.5, 0.6) is 0 Å². The Balaban J connectivity index is 1.41. The summed E-state index contributed by atoms with van der Waals surface area (Å²) in [7, 11) is 1.63. The van der Waals surface area contributed by atoms with Gasteiger partial charge in [0.2, 0.25) is 11.8 Å². The first-order chi connectivity index (χ1) is 28.8. The first kappa shape index (κ1) is 47.1. The van der Waals surface area contributed by atoms with Crippen molar-refractivity contribution in [2.24, 2.45) is 18.9 Å². The monoisotopic (exact) mass is 858 g/mol. The van der Waals surface area contributed by atoms with Crippen molar-refractivity contribution in [3.05, 3.63) is 100 Å². The van der Waals surface area contributed by atoms with Gasteiger partial charge in [0.05, 0.1) is 11.1 Å². The van der Waals surface area contributed by atoms with E-state index in [4.69, 9.17) is 0 Å². The summed E-state index contributed by atoms with van der Waals surface area (Å²) in [6, 6.07) is 11.2. The van der Waals surface area contributed by atoms with E-state index in [-0.39, 0.29) is 48.0 Å². The lowest BCUT2D eigenvalue weighted by Gasteiger charge is -2.36. The zero-order chi connectivity index (χ0) is 44.6. The average Bonchev–Trinajstić information content (AvgIpc) is 3.95. The van der Waals surface area contributed by atoms with Crippen LogP contribution in [0.1, 0.15) is 109 Å². The Morgan fingerprint density at radius 2 is 0.967 bits per heavy atom. The third kappa shape index (κ3) is 11.9. The topological polar surface area (TPSA) is 85.1 Å². The molecular formula is C46H58F6N5O4+. The number of benzene rings is 2. The van der Waals surface area contributed by atoms with Crippen molar-refractivity contribution in [3.8, 4) is 0 Å². The highest BCUT2D eigenvalue weighted by Gasteiger charge is 2.40. The van der Waals surface area contributed by atoms with Gasteiger partial charge in [-0.15, -0.1) is 0 Å². The lowest BCUT2D eigenvalue weighted by molar-refractivity contribution is -0.673. The van der Waals surface area contributed by atoms with Gasteiger partial charge in [-0.2, -0.15) is 30.9 Å². The molecule has 0 bridgehead atoms. The summed E-state index contributed by atoms with van der Waals surface area (Å²) in [6.45, 7) is 10.1. The van der Waals surface area contributed by atoms with Crippen molar-refractivity contribution >= 4 is 23.6 Å². The van der Waals surface area contributed by atoms with Crippen LogP contribution in [0.25, 0.3) is 0 Å². The lowest BCUT2D eigenvalue weighted by atomic mass is 9.98. The van der Waals surface area contributed by atoms with E-state index in [1.807, 2.05) is 27.7 Å². The molecule has 61 heavy (non-hydrogen) atoms. The molecule has 0 radical (unpaired) electrons. The lowest BCUT2D eigenvalue weighted by Crippen LogP contribution is -2.55. The number of alkyl halides is 6. The van der Waals surface area contributed by atoms with Crippen molar-refractivity contribution in [1.82, 2.24) is 19.6 Å². The number of halogens is 6. The Labute approximate surface area is 354 Å². The van der Waals surface area contributed by atoms with Crippen molar-refractivity contribution in [2.45, 2.75) is 103 Å². The summed E-state index contributed by atoms with van der Waals surface area (Å²) in [5.41, 5.74) is 0.237. The maximum atomic E-state index is 14.6. The largest absolute Gasteiger partial charge is 0.416 e. The summed E-state index contributed by atoms with van der Waals surface area (Å²) < 4.78 is 80.7. The Morgan fingerprint density at radius 3 is 1.31 bits per heavy atom. The zero-order valence-corrected chi connectivity index (χ0v) is 35.7. The normalized spacial score (nSPS) is 15.7. The van der Waals surface area contributed by atoms with E-state index < -0.39 is 47.4 Å². The molecule has 0 N–H and O–H groups in total. The number of aryl methyl sites for hydroxylation is 3. The molecule has 0 saturated carbocycles. The minimum Gasteiger partial charge on any atom is -0.341 e. The van der Waals surface area contributed by atoms with Gasteiger partial charge in [0, 0.05) is 45.3 Å². The number of nitrogens with zero attached hydrogens (tertiary/aromatic N) is 5. The maximum absolute atomic E-state index is 14.6. The van der Waals surface area contributed by atoms with Gasteiger partial charge in [0.1, 0.15) is 24.7 Å². The first-order valence-corrected chi connectivity index (χ1v) is 21.3. The van der Waals surface area contributed by atoms with Crippen molar-refractivity contribution < 1.29 is 50.1 Å². The van der Waals surface area contributed by atoms with E-state index in [0.717, 1.165) is 49.9 Å². The third-order valence-corrected chi connectivity index (χ3v) is 11.7. The predicted octanol–water partition coefficient (Wildman–Crippen LogP) is 7.99. The van der Waals surface area contributed by atoms with Crippen molar-refractivity contribution in [2.75, 3.05) is 39.3 Å². The van der Waals surface area contributed by atoms with E-state index in [2.05, 4.69) is 0 Å². The third-order valence-electron chi connectivity index (χ3n) is 11.7. The van der Waals surface area contributed by atoms with Crippen molar-refractivity contribution in [1.29, 1.82) is 0 Å². The second-order valence-corrected chi connectivity index (χ2v) is 16.9. The SMILES string of the molecule is CC(C)[C@@H](C(=O)N1CCCC1)N(CCCc1ccc(C(F)(F)F)cc1)C(=O)c1ccc(C(=O)N(CCCc2ccc(C(F)(F)F)cc2)[C@H](C(=O)N2CCCC2)C(C)C)[n+](C)c1. The fraction of sp³-hybridized carbons (Fsp3) is 0.543. The highest BCUT2D eigenvalue weighted by atomic mass is 19.4. The number of hydrogen-bond acceptors (Lipinski definition) is 4. The van der Waals surface area contributed by atoms with Crippen LogP contribution >= 0.6 is 0 Å². The molecule has 3 aromatic rings. The predicted molar refractivity (Wildman–Crippen MR) is 218 cm³/mol. The van der Waals surface area contributed by atoms with Gasteiger partial charge in [-0.1, -0.05) is 52.0 Å². The molecule has 5 rings (SSSR count). The van der Waals surface area contributed by atoms with Gasteiger partial charge in [-0.25, -0.2) is 0 Å². The van der Waals surface area contributed by atoms with Crippen molar-refractivity contribution in [3.63, 3.8) is 0 Å². The number of aromatic nitrogens is 1. The van der Waals surface area contributed by atoms with Gasteiger partial charge < -0.3 is 19.6 Å². The molecule has 2 aliphatic rings. The maximum Gasteiger partial charge on any atom is 0.416 e. The quantitative estimate of drug-likeness (QED) is 0.108. The molecule has 4 amide bonds. The van der Waals surface area contributed by atoms with Crippen LogP contribution in [0.2, 0.25) is 0 Å². The molecule has 2 saturated heterocycles. The molecule has 0 aliphatic carbocycles. The van der Waals surface area contributed by atoms with E-state index in [0.29, 0.717) is 63.0 Å². The van der Waals surface area contributed by atoms with E-state index >= 15 is 0 Å². The number of rotatable bonds is 16. The van der Waals surface area contributed by atoms with Crippen LogP contribution < -0.4 is 4.57 Å². The molecule has 2 aliphatic heterocycles. The van der Waals surface area contributed by atoms with Gasteiger partial charge in [-0.05, 0) is 105 Å². The van der Waals surface area contributed by atoms with Crippen LogP contribution in [0.4, 0.5) is 26.3 Å². The Bertz CT molecular complexity index is 1970. The Kier molecular flexibility index (Phi) is 15.7. The number of carbonyl (C=O) groups is 4. The molecule has 0 spiro atoms. The van der Waals surface area contributed by atoms with Crippen LogP contribution in [0.3, 0.4) is 0 Å². The number of pyridine rings is 1. The van der Waals surface area contributed by atoms with Crippen LogP contribution in [-0.2, 0) is 41.8 Å². The van der Waals surface area contributed by atoms with E-state index in [9.17, 15) is 45.5 Å². The fourth-order valence-electron chi connectivity index (χ4n) is 8.44. The Hall–Kier alpha value is -4.95. The van der Waals surface area contributed by atoms with Gasteiger partial charge >= 0.3 is 18.3 Å². The van der Waals surface area contributed by atoms with Crippen LogP contribution in [0.15, 0.2) is 66.9 Å². The van der Waals surface area contributed by atoms with Gasteiger partial charge in [-0.3, -0.25) is 19.2 Å². The molecule has 3 heterocycles. The fourth-order valence-corrected chi connectivity index (χ4v) is 8.44. The molecule has 2 atom stereocenters. The molecule has 2 fully saturated rings. The number of likely N-dealkylation sites (tertiary alicyclic amines) is 2. The van der Waals surface area contributed by atoms with Gasteiger partial charge in [0.25, 0.3) is 11.6 Å². The number of amides is 4.